The van der Waals surface area contributed by atoms with Crippen molar-refractivity contribution in [3.8, 4) is 5.75 Å². The van der Waals surface area contributed by atoms with Crippen LogP contribution in [-0.4, -0.2) is 53.0 Å². The summed E-state index contributed by atoms with van der Waals surface area (Å²) in [4.78, 5) is 44.5. The lowest BCUT2D eigenvalue weighted by Gasteiger charge is -2.18. The molecule has 3 heterocycles. The van der Waals surface area contributed by atoms with E-state index < -0.39 is 5.25 Å². The molecule has 0 bridgehead atoms. The van der Waals surface area contributed by atoms with Crippen LogP contribution in [0.1, 0.15) is 39.0 Å². The summed E-state index contributed by atoms with van der Waals surface area (Å²) >= 11 is 2.70. The number of nitrogens with zero attached hydrogens (tertiary/aromatic N) is 2. The highest BCUT2D eigenvalue weighted by molar-refractivity contribution is 8.00. The van der Waals surface area contributed by atoms with Crippen LogP contribution in [0.5, 0.6) is 5.75 Å². The molecule has 0 aliphatic carbocycles. The molecule has 2 atom stereocenters. The second-order valence-electron chi connectivity index (χ2n) is 9.91. The minimum Gasteiger partial charge on any atom is -0.497 e. The molecule has 11 heteroatoms. The number of aromatic nitrogens is 2. The molecule has 1 aliphatic heterocycles. The van der Waals surface area contributed by atoms with Gasteiger partial charge in [-0.1, -0.05) is 43.0 Å². The number of amides is 2. The van der Waals surface area contributed by atoms with Crippen LogP contribution in [0, 0.1) is 0 Å². The Morgan fingerprint density at radius 1 is 1.24 bits per heavy atom. The Bertz CT molecular complexity index is 1600. The van der Waals surface area contributed by atoms with Crippen LogP contribution in [0.15, 0.2) is 58.5 Å². The number of hydrogen-bond donors (Lipinski definition) is 2. The normalized spacial score (nSPS) is 15.7. The van der Waals surface area contributed by atoms with E-state index in [1.54, 1.807) is 23.8 Å². The fourth-order valence-corrected chi connectivity index (χ4v) is 6.96. The Balaban J connectivity index is 1.37. The van der Waals surface area contributed by atoms with Crippen LogP contribution in [0.2, 0.25) is 0 Å². The van der Waals surface area contributed by atoms with Gasteiger partial charge in [0.25, 0.3) is 5.56 Å². The highest BCUT2D eigenvalue weighted by Crippen LogP contribution is 2.33. The number of hydrogen-bond acceptors (Lipinski definition) is 8. The van der Waals surface area contributed by atoms with Crippen molar-refractivity contribution in [2.45, 2.75) is 62.1 Å². The maximum atomic E-state index is 13.8. The number of carbonyl (C=O) groups is 2. The molecule has 0 spiro atoms. The number of fused-ring (bicyclic) bond motifs is 3. The van der Waals surface area contributed by atoms with Crippen molar-refractivity contribution in [3.63, 3.8) is 0 Å². The maximum Gasteiger partial charge on any atom is 0.272 e. The Hall–Kier alpha value is -3.41. The van der Waals surface area contributed by atoms with Crippen LogP contribution in [0.4, 0.5) is 5.69 Å². The van der Waals surface area contributed by atoms with Crippen LogP contribution < -0.4 is 20.9 Å². The SMILES string of the molecule is CC[C@@H](Sc1nc2c(sc3ccccc32)c(=O)n1CCCC(=O)NC[C@@H]1CCCO1)C(=O)Nc1cccc(OC)c1. The van der Waals surface area contributed by atoms with Gasteiger partial charge in [-0.05, 0) is 43.9 Å². The Morgan fingerprint density at radius 3 is 2.88 bits per heavy atom. The lowest BCUT2D eigenvalue weighted by Crippen LogP contribution is -2.32. The second kappa shape index (κ2) is 13.5. The summed E-state index contributed by atoms with van der Waals surface area (Å²) < 4.78 is 14.0. The van der Waals surface area contributed by atoms with Gasteiger partial charge in [0.15, 0.2) is 5.16 Å². The number of thiophene rings is 1. The monoisotopic (exact) mass is 594 g/mol. The molecule has 2 aromatic heterocycles. The first-order valence-corrected chi connectivity index (χ1v) is 15.6. The first-order valence-electron chi connectivity index (χ1n) is 13.9. The van der Waals surface area contributed by atoms with E-state index in [1.165, 1.54) is 23.1 Å². The van der Waals surface area contributed by atoms with Crippen molar-refractivity contribution in [2.24, 2.45) is 0 Å². The van der Waals surface area contributed by atoms with E-state index in [-0.39, 0.29) is 29.9 Å². The van der Waals surface area contributed by atoms with Crippen molar-refractivity contribution in [1.29, 1.82) is 0 Å². The van der Waals surface area contributed by atoms with Crippen molar-refractivity contribution < 1.29 is 19.1 Å². The third-order valence-electron chi connectivity index (χ3n) is 7.03. The predicted octanol–water partition coefficient (Wildman–Crippen LogP) is 5.20. The van der Waals surface area contributed by atoms with Gasteiger partial charge in [-0.15, -0.1) is 11.3 Å². The van der Waals surface area contributed by atoms with Gasteiger partial charge in [0.05, 0.1) is 24.0 Å². The van der Waals surface area contributed by atoms with Gasteiger partial charge >= 0.3 is 0 Å². The highest BCUT2D eigenvalue weighted by Gasteiger charge is 2.24. The lowest BCUT2D eigenvalue weighted by atomic mass is 10.2. The van der Waals surface area contributed by atoms with E-state index in [2.05, 4.69) is 10.6 Å². The van der Waals surface area contributed by atoms with Crippen molar-refractivity contribution >= 4 is 60.9 Å². The number of methoxy groups -OCH3 is 1. The minimum atomic E-state index is -0.489. The van der Waals surface area contributed by atoms with Gasteiger partial charge in [0, 0.05) is 48.0 Å². The number of nitrogens with one attached hydrogen (secondary N) is 2. The smallest absolute Gasteiger partial charge is 0.272 e. The quantitative estimate of drug-likeness (QED) is 0.171. The summed E-state index contributed by atoms with van der Waals surface area (Å²) in [6, 6.07) is 15.0. The highest BCUT2D eigenvalue weighted by atomic mass is 32.2. The van der Waals surface area contributed by atoms with Crippen LogP contribution in [-0.2, 0) is 20.9 Å². The fraction of sp³-hybridized carbons (Fsp3) is 0.400. The molecule has 1 fully saturated rings. The third-order valence-corrected chi connectivity index (χ3v) is 9.53. The Labute approximate surface area is 246 Å². The van der Waals surface area contributed by atoms with Gasteiger partial charge in [-0.2, -0.15) is 0 Å². The van der Waals surface area contributed by atoms with E-state index in [0.717, 1.165) is 29.5 Å². The van der Waals surface area contributed by atoms with Crippen molar-refractivity contribution in [1.82, 2.24) is 14.9 Å². The summed E-state index contributed by atoms with van der Waals surface area (Å²) in [5.41, 5.74) is 1.13. The lowest BCUT2D eigenvalue weighted by molar-refractivity contribution is -0.121. The number of rotatable bonds is 12. The largest absolute Gasteiger partial charge is 0.497 e. The molecular formula is C30H34N4O5S2. The van der Waals surface area contributed by atoms with E-state index >= 15 is 0 Å². The zero-order chi connectivity index (χ0) is 28.8. The predicted molar refractivity (Wildman–Crippen MR) is 164 cm³/mol. The molecule has 2 aromatic carbocycles. The molecule has 0 saturated carbocycles. The molecule has 1 saturated heterocycles. The molecule has 2 amide bonds. The van der Waals surface area contributed by atoms with Crippen LogP contribution >= 0.6 is 23.1 Å². The van der Waals surface area contributed by atoms with Gasteiger partial charge in [-0.25, -0.2) is 4.98 Å². The molecule has 9 nitrogen and oxygen atoms in total. The van der Waals surface area contributed by atoms with Crippen molar-refractivity contribution in [3.05, 3.63) is 58.9 Å². The fourth-order valence-electron chi connectivity index (χ4n) is 4.83. The van der Waals surface area contributed by atoms with E-state index in [9.17, 15) is 14.4 Å². The number of anilines is 1. The number of carbonyl (C=O) groups excluding carboxylic acids is 2. The van der Waals surface area contributed by atoms with Gasteiger partial charge in [0.1, 0.15) is 10.4 Å². The zero-order valence-electron chi connectivity index (χ0n) is 23.2. The first kappa shape index (κ1) is 29.1. The standard InChI is InChI=1S/C30H34N4O5S2/c1-3-23(28(36)32-19-9-6-10-20(17-19)38-2)41-30-33-26-22-12-4-5-13-24(22)40-27(26)29(37)34(30)15-7-14-25(35)31-18-21-11-8-16-39-21/h4-6,9-10,12-13,17,21,23H,3,7-8,11,14-16,18H2,1-2H3,(H,31,35)(H,32,36)/t21-,23+/m0/s1. The van der Waals surface area contributed by atoms with Gasteiger partial charge in [0.2, 0.25) is 11.8 Å². The van der Waals surface area contributed by atoms with Crippen molar-refractivity contribution in [2.75, 3.05) is 25.6 Å². The van der Waals surface area contributed by atoms with Crippen LogP contribution in [0.3, 0.4) is 0 Å². The topological polar surface area (TPSA) is 112 Å². The number of thioether (sulfide) groups is 1. The maximum absolute atomic E-state index is 13.8. The summed E-state index contributed by atoms with van der Waals surface area (Å²) in [5.74, 6) is 0.395. The number of benzene rings is 2. The molecule has 2 N–H and O–H groups in total. The molecular weight excluding hydrogens is 560 g/mol. The summed E-state index contributed by atoms with van der Waals surface area (Å²) in [6.45, 7) is 3.50. The average Bonchev–Trinajstić information content (AvgIpc) is 3.64. The molecule has 4 aromatic rings. The summed E-state index contributed by atoms with van der Waals surface area (Å²) in [5, 5.41) is 6.80. The molecule has 1 aliphatic rings. The Kier molecular flexibility index (Phi) is 9.58. The van der Waals surface area contributed by atoms with E-state index in [0.29, 0.717) is 52.7 Å². The van der Waals surface area contributed by atoms with E-state index in [4.69, 9.17) is 14.5 Å². The average molecular weight is 595 g/mol. The first-order chi connectivity index (χ1) is 20.0. The second-order valence-corrected chi connectivity index (χ2v) is 12.1. The van der Waals surface area contributed by atoms with Gasteiger partial charge < -0.3 is 20.1 Å². The molecule has 41 heavy (non-hydrogen) atoms. The van der Waals surface area contributed by atoms with Crippen LogP contribution in [0.25, 0.3) is 20.3 Å². The van der Waals surface area contributed by atoms with Gasteiger partial charge in [-0.3, -0.25) is 19.0 Å². The molecule has 0 radical (unpaired) electrons. The third kappa shape index (κ3) is 6.91. The number of ether oxygens (including phenoxy) is 2. The van der Waals surface area contributed by atoms with E-state index in [1.807, 2.05) is 43.3 Å². The summed E-state index contributed by atoms with van der Waals surface area (Å²) in [7, 11) is 1.58. The minimum absolute atomic E-state index is 0.0669. The molecule has 216 valence electrons. The summed E-state index contributed by atoms with van der Waals surface area (Å²) in [6.07, 6.45) is 3.34. The Morgan fingerprint density at radius 2 is 2.10 bits per heavy atom. The molecule has 5 rings (SSSR count). The molecule has 0 unspecified atom stereocenters. The zero-order valence-corrected chi connectivity index (χ0v) is 24.8.